The molecule has 0 bridgehead atoms. The fraction of sp³-hybridized carbons (Fsp3) is 0.500. The Morgan fingerprint density at radius 1 is 1.28 bits per heavy atom. The van der Waals surface area contributed by atoms with Crippen molar-refractivity contribution in [2.24, 2.45) is 5.73 Å². The standard InChI is InChI=1S/C14H20N2O2/c15-13(14(17)18)12-5-3-11(4-6-12)7-10-16-8-1-2-9-16/h3-6,13H,1-2,7-10,15H2,(H,17,18). The van der Waals surface area contributed by atoms with Gasteiger partial charge in [-0.05, 0) is 43.5 Å². The largest absolute Gasteiger partial charge is 0.480 e. The molecule has 4 heteroatoms. The molecule has 1 aromatic rings. The zero-order valence-electron chi connectivity index (χ0n) is 10.5. The maximum absolute atomic E-state index is 10.8. The van der Waals surface area contributed by atoms with E-state index in [1.807, 2.05) is 24.3 Å². The van der Waals surface area contributed by atoms with Crippen LogP contribution < -0.4 is 5.73 Å². The average molecular weight is 248 g/mol. The van der Waals surface area contributed by atoms with Crippen LogP contribution in [0.1, 0.15) is 30.0 Å². The van der Waals surface area contributed by atoms with E-state index in [1.165, 1.54) is 31.5 Å². The molecule has 1 heterocycles. The van der Waals surface area contributed by atoms with E-state index in [-0.39, 0.29) is 0 Å². The number of aliphatic carboxylic acids is 1. The maximum Gasteiger partial charge on any atom is 0.325 e. The smallest absolute Gasteiger partial charge is 0.325 e. The van der Waals surface area contributed by atoms with Gasteiger partial charge >= 0.3 is 5.97 Å². The molecule has 1 fully saturated rings. The number of carboxylic acids is 1. The lowest BCUT2D eigenvalue weighted by molar-refractivity contribution is -0.138. The van der Waals surface area contributed by atoms with Crippen LogP contribution in [0.5, 0.6) is 0 Å². The highest BCUT2D eigenvalue weighted by Crippen LogP contribution is 2.13. The Bertz CT molecular complexity index is 397. The molecule has 0 amide bonds. The van der Waals surface area contributed by atoms with E-state index >= 15 is 0 Å². The molecule has 0 aromatic heterocycles. The van der Waals surface area contributed by atoms with E-state index in [0.717, 1.165) is 13.0 Å². The summed E-state index contributed by atoms with van der Waals surface area (Å²) in [6.07, 6.45) is 3.64. The third-order valence-electron chi connectivity index (χ3n) is 3.52. The lowest BCUT2D eigenvalue weighted by Gasteiger charge is -2.14. The average Bonchev–Trinajstić information content (AvgIpc) is 2.89. The monoisotopic (exact) mass is 248 g/mol. The second-order valence-corrected chi connectivity index (χ2v) is 4.86. The van der Waals surface area contributed by atoms with Crippen molar-refractivity contribution in [3.63, 3.8) is 0 Å². The number of nitrogens with two attached hydrogens (primary N) is 1. The summed E-state index contributed by atoms with van der Waals surface area (Å²) >= 11 is 0. The van der Waals surface area contributed by atoms with Gasteiger partial charge in [-0.1, -0.05) is 24.3 Å². The van der Waals surface area contributed by atoms with E-state index in [2.05, 4.69) is 4.90 Å². The number of likely N-dealkylation sites (tertiary alicyclic amines) is 1. The van der Waals surface area contributed by atoms with Crippen molar-refractivity contribution >= 4 is 5.97 Å². The molecule has 0 saturated carbocycles. The van der Waals surface area contributed by atoms with E-state index in [9.17, 15) is 4.79 Å². The van der Waals surface area contributed by atoms with Crippen molar-refractivity contribution in [2.45, 2.75) is 25.3 Å². The van der Waals surface area contributed by atoms with Gasteiger partial charge in [0, 0.05) is 6.54 Å². The Morgan fingerprint density at radius 3 is 2.44 bits per heavy atom. The molecule has 98 valence electrons. The Labute approximate surface area is 107 Å². The predicted octanol–water partition coefficient (Wildman–Crippen LogP) is 1.41. The third-order valence-corrected chi connectivity index (χ3v) is 3.52. The summed E-state index contributed by atoms with van der Waals surface area (Å²) in [5.74, 6) is -0.986. The van der Waals surface area contributed by atoms with Gasteiger partial charge in [0.2, 0.25) is 0 Å². The number of carboxylic acid groups (broad SMARTS) is 1. The first kappa shape index (κ1) is 13.1. The van der Waals surface area contributed by atoms with Crippen molar-refractivity contribution < 1.29 is 9.90 Å². The Balaban J connectivity index is 1.88. The summed E-state index contributed by atoms with van der Waals surface area (Å²) < 4.78 is 0. The molecular formula is C14H20N2O2. The molecule has 4 nitrogen and oxygen atoms in total. The molecule has 1 unspecified atom stereocenters. The topological polar surface area (TPSA) is 66.6 Å². The Kier molecular flexibility index (Phi) is 4.33. The summed E-state index contributed by atoms with van der Waals surface area (Å²) in [5.41, 5.74) is 7.45. The molecular weight excluding hydrogens is 228 g/mol. The highest BCUT2D eigenvalue weighted by molar-refractivity contribution is 5.75. The minimum atomic E-state index is -0.986. The zero-order valence-corrected chi connectivity index (χ0v) is 10.5. The predicted molar refractivity (Wildman–Crippen MR) is 70.4 cm³/mol. The molecule has 0 aliphatic carbocycles. The van der Waals surface area contributed by atoms with Crippen LogP contribution in [0.3, 0.4) is 0 Å². The minimum absolute atomic E-state index is 0.660. The highest BCUT2D eigenvalue weighted by Gasteiger charge is 2.14. The Morgan fingerprint density at radius 2 is 1.89 bits per heavy atom. The van der Waals surface area contributed by atoms with Gasteiger partial charge in [0.25, 0.3) is 0 Å². The molecule has 1 aliphatic heterocycles. The lowest BCUT2D eigenvalue weighted by atomic mass is 10.0. The molecule has 18 heavy (non-hydrogen) atoms. The van der Waals surface area contributed by atoms with Crippen molar-refractivity contribution in [1.82, 2.24) is 4.90 Å². The SMILES string of the molecule is NC(C(=O)O)c1ccc(CCN2CCCC2)cc1. The van der Waals surface area contributed by atoms with Crippen molar-refractivity contribution in [2.75, 3.05) is 19.6 Å². The van der Waals surface area contributed by atoms with Crippen LogP contribution in [0.25, 0.3) is 0 Å². The van der Waals surface area contributed by atoms with Crippen LogP contribution in [0.15, 0.2) is 24.3 Å². The van der Waals surface area contributed by atoms with Crippen molar-refractivity contribution in [3.8, 4) is 0 Å². The van der Waals surface area contributed by atoms with E-state index in [1.54, 1.807) is 0 Å². The fourth-order valence-electron chi connectivity index (χ4n) is 2.33. The van der Waals surface area contributed by atoms with Crippen molar-refractivity contribution in [1.29, 1.82) is 0 Å². The number of carbonyl (C=O) groups is 1. The summed E-state index contributed by atoms with van der Waals surface area (Å²) in [5, 5.41) is 8.82. The molecule has 3 N–H and O–H groups in total. The highest BCUT2D eigenvalue weighted by atomic mass is 16.4. The van der Waals surface area contributed by atoms with Gasteiger partial charge in [0.1, 0.15) is 6.04 Å². The molecule has 0 spiro atoms. The van der Waals surface area contributed by atoms with Gasteiger partial charge < -0.3 is 15.7 Å². The van der Waals surface area contributed by atoms with E-state index < -0.39 is 12.0 Å². The molecule has 1 atom stereocenters. The third kappa shape index (κ3) is 3.31. The molecule has 0 radical (unpaired) electrons. The van der Waals surface area contributed by atoms with Crippen LogP contribution >= 0.6 is 0 Å². The molecule has 1 aliphatic rings. The first-order valence-corrected chi connectivity index (χ1v) is 6.46. The van der Waals surface area contributed by atoms with Gasteiger partial charge in [0.05, 0.1) is 0 Å². The minimum Gasteiger partial charge on any atom is -0.480 e. The van der Waals surface area contributed by atoms with Gasteiger partial charge in [-0.15, -0.1) is 0 Å². The Hall–Kier alpha value is -1.39. The van der Waals surface area contributed by atoms with Crippen LogP contribution in [0, 0.1) is 0 Å². The second kappa shape index (κ2) is 5.98. The fourth-order valence-corrected chi connectivity index (χ4v) is 2.33. The number of hydrogen-bond donors (Lipinski definition) is 2. The number of rotatable bonds is 5. The van der Waals surface area contributed by atoms with Crippen LogP contribution in [-0.2, 0) is 11.2 Å². The van der Waals surface area contributed by atoms with Crippen LogP contribution in [0.4, 0.5) is 0 Å². The first-order valence-electron chi connectivity index (χ1n) is 6.46. The summed E-state index contributed by atoms with van der Waals surface area (Å²) in [4.78, 5) is 13.2. The summed E-state index contributed by atoms with van der Waals surface area (Å²) in [6.45, 7) is 3.51. The summed E-state index contributed by atoms with van der Waals surface area (Å²) in [7, 11) is 0. The normalized spacial score (nSPS) is 17.8. The van der Waals surface area contributed by atoms with Gasteiger partial charge in [0.15, 0.2) is 0 Å². The van der Waals surface area contributed by atoms with Crippen molar-refractivity contribution in [3.05, 3.63) is 35.4 Å². The van der Waals surface area contributed by atoms with E-state index in [4.69, 9.17) is 10.8 Å². The summed E-state index contributed by atoms with van der Waals surface area (Å²) in [6, 6.07) is 6.68. The zero-order chi connectivity index (χ0) is 13.0. The number of benzene rings is 1. The molecule has 1 saturated heterocycles. The van der Waals surface area contributed by atoms with Gasteiger partial charge in [-0.3, -0.25) is 4.79 Å². The molecule has 1 aromatic carbocycles. The number of nitrogens with zero attached hydrogens (tertiary/aromatic N) is 1. The number of hydrogen-bond acceptors (Lipinski definition) is 3. The first-order chi connectivity index (χ1) is 8.66. The second-order valence-electron chi connectivity index (χ2n) is 4.86. The molecule has 2 rings (SSSR count). The quantitative estimate of drug-likeness (QED) is 0.827. The van der Waals surface area contributed by atoms with Gasteiger partial charge in [-0.25, -0.2) is 0 Å². The van der Waals surface area contributed by atoms with Crippen LogP contribution in [0.2, 0.25) is 0 Å². The van der Waals surface area contributed by atoms with E-state index in [0.29, 0.717) is 5.56 Å². The van der Waals surface area contributed by atoms with Crippen LogP contribution in [-0.4, -0.2) is 35.6 Å². The van der Waals surface area contributed by atoms with Gasteiger partial charge in [-0.2, -0.15) is 0 Å². The maximum atomic E-state index is 10.8. The lowest BCUT2D eigenvalue weighted by Crippen LogP contribution is -2.22.